The molecule has 0 amide bonds. The summed E-state index contributed by atoms with van der Waals surface area (Å²) in [4.78, 5) is 27.8. The van der Waals surface area contributed by atoms with Crippen molar-refractivity contribution in [2.24, 2.45) is 0 Å². The largest absolute Gasteiger partial charge is 0.494 e. The highest BCUT2D eigenvalue weighted by atomic mass is 16.5. The monoisotopic (exact) mass is 537 g/mol. The number of ether oxygens (including phenoxy) is 3. The predicted octanol–water partition coefficient (Wildman–Crippen LogP) is 5.54. The maximum absolute atomic E-state index is 13.9. The molecule has 0 bridgehead atoms. The molecule has 3 aromatic carbocycles. The van der Waals surface area contributed by atoms with Gasteiger partial charge < -0.3 is 19.5 Å². The summed E-state index contributed by atoms with van der Waals surface area (Å²) in [6.07, 6.45) is 0.943. The van der Waals surface area contributed by atoms with Crippen molar-refractivity contribution < 1.29 is 19.0 Å². The van der Waals surface area contributed by atoms with Gasteiger partial charge in [0.1, 0.15) is 11.6 Å². The first kappa shape index (κ1) is 25.6. The van der Waals surface area contributed by atoms with Crippen molar-refractivity contribution in [1.29, 1.82) is 0 Å². The number of nitrogens with zero attached hydrogens (tertiary/aromatic N) is 1. The first-order valence-corrected chi connectivity index (χ1v) is 13.4. The van der Waals surface area contributed by atoms with Crippen molar-refractivity contribution in [2.45, 2.75) is 31.6 Å². The van der Waals surface area contributed by atoms with E-state index in [1.54, 1.807) is 14.2 Å². The Bertz CT molecular complexity index is 1650. The topological polar surface area (TPSA) is 94.6 Å². The maximum Gasteiger partial charge on any atom is 0.277 e. The molecule has 4 aromatic rings. The van der Waals surface area contributed by atoms with Crippen LogP contribution in [0.2, 0.25) is 0 Å². The molecule has 204 valence electrons. The van der Waals surface area contributed by atoms with Gasteiger partial charge in [-0.3, -0.25) is 14.7 Å². The molecule has 0 fully saturated rings. The van der Waals surface area contributed by atoms with Gasteiger partial charge in [-0.2, -0.15) is 0 Å². The van der Waals surface area contributed by atoms with Crippen molar-refractivity contribution in [2.75, 3.05) is 26.1 Å². The lowest BCUT2D eigenvalue weighted by Gasteiger charge is -2.34. The van der Waals surface area contributed by atoms with Crippen molar-refractivity contribution in [3.8, 4) is 22.9 Å². The number of fused-ring (bicyclic) bond motifs is 1. The van der Waals surface area contributed by atoms with Gasteiger partial charge in [0.2, 0.25) is 0 Å². The van der Waals surface area contributed by atoms with Crippen LogP contribution >= 0.6 is 0 Å². The third-order valence-electron chi connectivity index (χ3n) is 7.71. The summed E-state index contributed by atoms with van der Waals surface area (Å²) >= 11 is 0. The molecule has 6 rings (SSSR count). The summed E-state index contributed by atoms with van der Waals surface area (Å²) in [7, 11) is 3.21. The highest BCUT2D eigenvalue weighted by molar-refractivity contribution is 6.01. The molecule has 0 radical (unpaired) electrons. The van der Waals surface area contributed by atoms with Crippen LogP contribution in [0.15, 0.2) is 88.9 Å². The average molecular weight is 538 g/mol. The minimum absolute atomic E-state index is 0.0185. The number of benzene rings is 3. The van der Waals surface area contributed by atoms with Crippen LogP contribution in [-0.2, 0) is 4.79 Å². The summed E-state index contributed by atoms with van der Waals surface area (Å²) in [5.41, 5.74) is 4.40. The number of nitrogens with one attached hydrogen (secondary N) is 2. The zero-order chi connectivity index (χ0) is 27.8. The Morgan fingerprint density at radius 2 is 1.60 bits per heavy atom. The number of anilines is 1. The van der Waals surface area contributed by atoms with E-state index < -0.39 is 5.92 Å². The van der Waals surface area contributed by atoms with Gasteiger partial charge in [0.15, 0.2) is 17.3 Å². The SMILES string of the molecule is CCOc1ccc([C@H]2C3=C(C[C@H](c4ccc(OC)c(OC)c4)CC3=O)Nc3[nH]n(-c4ccccc4)c(=O)c32)cc1. The number of hydrogen-bond acceptors (Lipinski definition) is 6. The van der Waals surface area contributed by atoms with Gasteiger partial charge in [0.05, 0.1) is 32.1 Å². The Balaban J connectivity index is 1.46. The van der Waals surface area contributed by atoms with E-state index in [4.69, 9.17) is 14.2 Å². The zero-order valence-electron chi connectivity index (χ0n) is 22.7. The second kappa shape index (κ2) is 10.4. The number of rotatable bonds is 7. The van der Waals surface area contributed by atoms with E-state index in [9.17, 15) is 9.59 Å². The van der Waals surface area contributed by atoms with Crippen molar-refractivity contribution in [3.63, 3.8) is 0 Å². The number of allylic oxidation sites excluding steroid dienone is 2. The van der Waals surface area contributed by atoms with E-state index in [-0.39, 0.29) is 17.3 Å². The van der Waals surface area contributed by atoms with Crippen LogP contribution in [-0.4, -0.2) is 36.4 Å². The van der Waals surface area contributed by atoms with Crippen molar-refractivity contribution in [3.05, 3.63) is 111 Å². The number of Topliss-reactive ketones (excluding diaryl/α,β-unsaturated/α-hetero) is 1. The minimum Gasteiger partial charge on any atom is -0.494 e. The van der Waals surface area contributed by atoms with Crippen LogP contribution in [0.1, 0.15) is 48.3 Å². The van der Waals surface area contributed by atoms with Crippen LogP contribution in [0.5, 0.6) is 17.2 Å². The number of aromatic amines is 1. The van der Waals surface area contributed by atoms with Crippen LogP contribution in [0.25, 0.3) is 5.69 Å². The minimum atomic E-state index is -0.505. The van der Waals surface area contributed by atoms with Gasteiger partial charge in [-0.05, 0) is 66.8 Å². The number of para-hydroxylation sites is 1. The van der Waals surface area contributed by atoms with Crippen molar-refractivity contribution in [1.82, 2.24) is 9.78 Å². The fourth-order valence-electron chi connectivity index (χ4n) is 5.85. The average Bonchev–Trinajstić information content (AvgIpc) is 3.32. The summed E-state index contributed by atoms with van der Waals surface area (Å²) < 4.78 is 18.1. The lowest BCUT2D eigenvalue weighted by molar-refractivity contribution is -0.116. The van der Waals surface area contributed by atoms with E-state index in [1.807, 2.05) is 79.7 Å². The zero-order valence-corrected chi connectivity index (χ0v) is 22.7. The summed E-state index contributed by atoms with van der Waals surface area (Å²) in [6, 6.07) is 22.9. The molecule has 1 aliphatic carbocycles. The third kappa shape index (κ3) is 4.35. The van der Waals surface area contributed by atoms with Gasteiger partial charge in [-0.1, -0.05) is 36.4 Å². The van der Waals surface area contributed by atoms with Gasteiger partial charge in [0, 0.05) is 23.6 Å². The molecule has 2 atom stereocenters. The number of H-pyrrole nitrogens is 1. The van der Waals surface area contributed by atoms with Gasteiger partial charge in [0.25, 0.3) is 5.56 Å². The number of aromatic nitrogens is 2. The molecule has 1 aliphatic heterocycles. The number of carbonyl (C=O) groups excluding carboxylic acids is 1. The molecule has 40 heavy (non-hydrogen) atoms. The molecule has 0 saturated carbocycles. The molecule has 2 aliphatic rings. The number of methoxy groups -OCH3 is 2. The summed E-state index contributed by atoms with van der Waals surface area (Å²) in [5, 5.41) is 6.72. The van der Waals surface area contributed by atoms with E-state index >= 15 is 0 Å². The standard InChI is InChI=1S/C32H31N3O5/c1-4-40-23-13-10-19(11-14-23)28-29-24(33-31-30(28)32(37)35(34-31)22-8-6-5-7-9-22)16-21(17-25(29)36)20-12-15-26(38-2)27(18-20)39-3/h5-15,18,21,28,33-34H,4,16-17H2,1-3H3/t21-,28-/m0/s1. The lowest BCUT2D eigenvalue weighted by atomic mass is 9.73. The Labute approximate surface area is 232 Å². The number of ketones is 1. The number of hydrogen-bond donors (Lipinski definition) is 2. The van der Waals surface area contributed by atoms with E-state index in [0.717, 1.165) is 28.3 Å². The maximum atomic E-state index is 13.9. The molecule has 0 spiro atoms. The molecule has 0 unspecified atom stereocenters. The Kier molecular flexibility index (Phi) is 6.67. The fraction of sp³-hybridized carbons (Fsp3) is 0.250. The van der Waals surface area contributed by atoms with E-state index in [0.29, 0.717) is 47.9 Å². The summed E-state index contributed by atoms with van der Waals surface area (Å²) in [5.74, 6) is 2.08. The van der Waals surface area contributed by atoms with Crippen LogP contribution < -0.4 is 25.1 Å². The van der Waals surface area contributed by atoms with Gasteiger partial charge >= 0.3 is 0 Å². The van der Waals surface area contributed by atoms with Crippen LogP contribution in [0.3, 0.4) is 0 Å². The molecule has 0 saturated heterocycles. The number of carbonyl (C=O) groups is 1. The second-order valence-corrected chi connectivity index (χ2v) is 9.97. The van der Waals surface area contributed by atoms with Gasteiger partial charge in [-0.15, -0.1) is 0 Å². The van der Waals surface area contributed by atoms with Crippen molar-refractivity contribution >= 4 is 11.6 Å². The Hall–Kier alpha value is -4.72. The lowest BCUT2D eigenvalue weighted by Crippen LogP contribution is -2.32. The third-order valence-corrected chi connectivity index (χ3v) is 7.71. The highest BCUT2D eigenvalue weighted by Crippen LogP contribution is 2.47. The normalized spacial score (nSPS) is 18.0. The Morgan fingerprint density at radius 3 is 2.30 bits per heavy atom. The Morgan fingerprint density at radius 1 is 0.875 bits per heavy atom. The first-order chi connectivity index (χ1) is 19.5. The van der Waals surface area contributed by atoms with E-state index in [2.05, 4.69) is 10.4 Å². The van der Waals surface area contributed by atoms with Crippen LogP contribution in [0.4, 0.5) is 5.82 Å². The molecular formula is C32H31N3O5. The molecular weight excluding hydrogens is 506 g/mol. The second-order valence-electron chi connectivity index (χ2n) is 9.97. The predicted molar refractivity (Wildman–Crippen MR) is 153 cm³/mol. The fourth-order valence-corrected chi connectivity index (χ4v) is 5.85. The van der Waals surface area contributed by atoms with E-state index in [1.165, 1.54) is 4.68 Å². The smallest absolute Gasteiger partial charge is 0.277 e. The molecule has 2 heterocycles. The quantitative estimate of drug-likeness (QED) is 0.322. The molecule has 8 nitrogen and oxygen atoms in total. The van der Waals surface area contributed by atoms with Crippen LogP contribution in [0, 0.1) is 0 Å². The molecule has 8 heteroatoms. The molecule has 2 N–H and O–H groups in total. The first-order valence-electron chi connectivity index (χ1n) is 13.4. The van der Waals surface area contributed by atoms with Gasteiger partial charge in [-0.25, -0.2) is 4.68 Å². The highest BCUT2D eigenvalue weighted by Gasteiger charge is 2.41. The molecule has 1 aromatic heterocycles. The summed E-state index contributed by atoms with van der Waals surface area (Å²) in [6.45, 7) is 2.49.